The fraction of sp³-hybridized carbons (Fsp3) is 0.824. The van der Waals surface area contributed by atoms with E-state index < -0.39 is 92.9 Å². The second kappa shape index (κ2) is 9.31. The highest BCUT2D eigenvalue weighted by Gasteiger charge is 2.97. The summed E-state index contributed by atoms with van der Waals surface area (Å²) in [4.78, 5) is 55.0. The van der Waals surface area contributed by atoms with Gasteiger partial charge in [0.2, 0.25) is 5.79 Å². The van der Waals surface area contributed by atoms with Gasteiger partial charge in [-0.2, -0.15) is 0 Å². The number of amides is 1. The number of carbonyl (C=O) groups is 4. The zero-order valence-corrected chi connectivity index (χ0v) is 27.2. The van der Waals surface area contributed by atoms with Crippen LogP contribution in [0.2, 0.25) is 0 Å². The maximum atomic E-state index is 14.9. The number of nitrogens with zero attached hydrogens (tertiary/aromatic N) is 1. The molecular weight excluding hydrogens is 582 g/mol. The van der Waals surface area contributed by atoms with Crippen LogP contribution in [0.3, 0.4) is 0 Å². The lowest BCUT2D eigenvalue weighted by molar-refractivity contribution is -0.483. The van der Waals surface area contributed by atoms with Crippen molar-refractivity contribution in [3.63, 3.8) is 0 Å². The Morgan fingerprint density at radius 2 is 1.71 bits per heavy atom. The Morgan fingerprint density at radius 1 is 1.04 bits per heavy atom. The molecule has 5 saturated carbocycles. The Labute approximate surface area is 264 Å². The van der Waals surface area contributed by atoms with Gasteiger partial charge in [-0.15, -0.1) is 0 Å². The van der Waals surface area contributed by atoms with E-state index in [1.165, 1.54) is 6.92 Å². The van der Waals surface area contributed by atoms with Gasteiger partial charge in [0.25, 0.3) is 0 Å². The highest BCUT2D eigenvalue weighted by molar-refractivity contribution is 6.09. The summed E-state index contributed by atoms with van der Waals surface area (Å²) in [5, 5.41) is 24.5. The van der Waals surface area contributed by atoms with Crippen molar-refractivity contribution in [1.29, 1.82) is 0 Å². The Kier molecular flexibility index (Phi) is 6.44. The molecule has 8 aliphatic rings. The fourth-order valence-corrected chi connectivity index (χ4v) is 11.4. The first-order chi connectivity index (χ1) is 20.9. The van der Waals surface area contributed by atoms with E-state index in [0.717, 1.165) is 0 Å². The molecule has 2 spiro atoms. The molecular formula is C34H47NO10. The average molecular weight is 630 g/mol. The van der Waals surface area contributed by atoms with Crippen LogP contribution >= 0.6 is 0 Å². The smallest absolute Gasteiger partial charge is 0.410 e. The fourth-order valence-electron chi connectivity index (χ4n) is 11.4. The monoisotopic (exact) mass is 629 g/mol. The van der Waals surface area contributed by atoms with Crippen molar-refractivity contribution >= 4 is 23.8 Å². The molecule has 10 atom stereocenters. The number of esters is 2. The van der Waals surface area contributed by atoms with Gasteiger partial charge >= 0.3 is 18.0 Å². The Balaban J connectivity index is 1.19. The minimum Gasteiger partial charge on any atom is -0.462 e. The lowest BCUT2D eigenvalue weighted by Crippen LogP contribution is -2.97. The van der Waals surface area contributed by atoms with Gasteiger partial charge in [-0.1, -0.05) is 20.4 Å². The molecule has 11 heteroatoms. The van der Waals surface area contributed by atoms with E-state index in [4.69, 9.17) is 18.9 Å². The molecule has 0 radical (unpaired) electrons. The zero-order chi connectivity index (χ0) is 32.7. The molecule has 248 valence electrons. The van der Waals surface area contributed by atoms with Gasteiger partial charge in [0.05, 0.1) is 12.5 Å². The van der Waals surface area contributed by atoms with Crippen molar-refractivity contribution in [2.24, 2.45) is 45.8 Å². The quantitative estimate of drug-likeness (QED) is 0.271. The van der Waals surface area contributed by atoms with Gasteiger partial charge in [0.15, 0.2) is 11.4 Å². The molecule has 8 rings (SSSR count). The summed E-state index contributed by atoms with van der Waals surface area (Å²) >= 11 is 0. The first-order valence-corrected chi connectivity index (χ1v) is 16.6. The molecule has 1 unspecified atom stereocenters. The number of rotatable bonds is 3. The topological polar surface area (TPSA) is 149 Å². The Hall–Kier alpha value is -2.50. The molecule has 8 fully saturated rings. The third-order valence-corrected chi connectivity index (χ3v) is 12.9. The maximum absolute atomic E-state index is 14.9. The van der Waals surface area contributed by atoms with Crippen LogP contribution in [-0.2, 0) is 33.3 Å². The lowest BCUT2D eigenvalue weighted by Gasteiger charge is -2.84. The van der Waals surface area contributed by atoms with Gasteiger partial charge in [-0.3, -0.25) is 14.4 Å². The van der Waals surface area contributed by atoms with Gasteiger partial charge in [-0.25, -0.2) is 4.79 Å². The molecule has 45 heavy (non-hydrogen) atoms. The number of carbonyl (C=O) groups excluding carboxylic acids is 4. The summed E-state index contributed by atoms with van der Waals surface area (Å²) < 4.78 is 23.8. The van der Waals surface area contributed by atoms with E-state index in [-0.39, 0.29) is 12.5 Å². The minimum atomic E-state index is -2.17. The molecule has 2 bridgehead atoms. The highest BCUT2D eigenvalue weighted by Crippen LogP contribution is 2.85. The molecule has 3 aliphatic heterocycles. The summed E-state index contributed by atoms with van der Waals surface area (Å²) in [5.74, 6) is -5.81. The normalized spacial score (nSPS) is 46.1. The number of Topliss-reactive ketones (excluding diaryl/α,β-unsaturated/α-hetero) is 1. The predicted octanol–water partition coefficient (Wildman–Crippen LogP) is 3.14. The number of aliphatic hydroxyl groups is 2. The third-order valence-electron chi connectivity index (χ3n) is 12.9. The first-order valence-electron chi connectivity index (χ1n) is 16.6. The van der Waals surface area contributed by atoms with E-state index in [2.05, 4.69) is 20.4 Å². The van der Waals surface area contributed by atoms with Crippen LogP contribution in [0.4, 0.5) is 4.79 Å². The van der Waals surface area contributed by atoms with Crippen LogP contribution in [-0.4, -0.2) is 87.8 Å². The number of hydrogen-bond acceptors (Lipinski definition) is 10. The average Bonchev–Trinajstić information content (AvgIpc) is 2.96. The van der Waals surface area contributed by atoms with Crippen LogP contribution in [0.25, 0.3) is 0 Å². The summed E-state index contributed by atoms with van der Waals surface area (Å²) in [6.07, 6.45) is 0.803. The molecule has 5 aliphatic carbocycles. The number of aliphatic hydroxyl groups excluding tert-OH is 1. The largest absolute Gasteiger partial charge is 0.462 e. The standard InChI is InChI=1S/C34H47NO10/c1-17-20-8-9-21-31-16-42-34(41,25(37)24(31)30(6,7)13-10-22(31)43-18(2)36)32(21)23(20)33(17,27(32)39)44-26(38)19-11-14-35(15-12-19)28(40)45-29(3,4)5/h19-25,37,41H,1,8-16H2,2-7H3/t20-,21-,22-,23+,24+,25-,31+,32+,33?,34+/m0/s1. The van der Waals surface area contributed by atoms with Gasteiger partial charge in [-0.05, 0) is 82.1 Å². The predicted molar refractivity (Wildman–Crippen MR) is 157 cm³/mol. The van der Waals surface area contributed by atoms with Crippen molar-refractivity contribution in [2.75, 3.05) is 19.7 Å². The van der Waals surface area contributed by atoms with Gasteiger partial charge < -0.3 is 34.1 Å². The van der Waals surface area contributed by atoms with Crippen molar-refractivity contribution < 1.29 is 48.3 Å². The van der Waals surface area contributed by atoms with Gasteiger partial charge in [0, 0.05) is 37.3 Å². The second-order valence-electron chi connectivity index (χ2n) is 16.5. The van der Waals surface area contributed by atoms with Crippen molar-refractivity contribution in [1.82, 2.24) is 4.90 Å². The molecule has 3 saturated heterocycles. The number of piperidine rings is 1. The molecule has 0 aromatic heterocycles. The van der Waals surface area contributed by atoms with Crippen molar-refractivity contribution in [3.8, 4) is 0 Å². The van der Waals surface area contributed by atoms with Crippen LogP contribution < -0.4 is 0 Å². The molecule has 3 heterocycles. The number of fused-ring (bicyclic) bond motifs is 1. The van der Waals surface area contributed by atoms with Crippen LogP contribution in [0.1, 0.15) is 80.1 Å². The highest BCUT2D eigenvalue weighted by atomic mass is 16.7. The molecule has 1 amide bonds. The summed E-state index contributed by atoms with van der Waals surface area (Å²) in [5.41, 5.74) is -4.50. The van der Waals surface area contributed by atoms with E-state index in [9.17, 15) is 29.4 Å². The van der Waals surface area contributed by atoms with Crippen molar-refractivity contribution in [3.05, 3.63) is 12.2 Å². The summed E-state index contributed by atoms with van der Waals surface area (Å²) in [6, 6.07) is 0. The van der Waals surface area contributed by atoms with E-state index in [1.54, 1.807) is 25.7 Å². The minimum absolute atomic E-state index is 0.0631. The van der Waals surface area contributed by atoms with E-state index in [0.29, 0.717) is 57.2 Å². The number of likely N-dealkylation sites (tertiary alicyclic amines) is 1. The summed E-state index contributed by atoms with van der Waals surface area (Å²) in [6.45, 7) is 15.8. The van der Waals surface area contributed by atoms with Gasteiger partial charge in [0.1, 0.15) is 23.2 Å². The van der Waals surface area contributed by atoms with Crippen LogP contribution in [0.5, 0.6) is 0 Å². The molecule has 11 nitrogen and oxygen atoms in total. The third kappa shape index (κ3) is 3.58. The SMILES string of the molecule is C=C1[C@@H]2CC[C@H]3[C@@]45CO[C@](O)([C@@H](O)[C@@H]4C(C)(C)CC[C@@H]5OC(C)=O)[C@]34C(=O)C1(OC(=O)C1CCN(C(=O)OC(C)(C)C)CC1)[C@H]24. The van der Waals surface area contributed by atoms with E-state index in [1.807, 2.05) is 0 Å². The summed E-state index contributed by atoms with van der Waals surface area (Å²) in [7, 11) is 0. The van der Waals surface area contributed by atoms with Crippen LogP contribution in [0.15, 0.2) is 12.2 Å². The number of hydrogen-bond donors (Lipinski definition) is 2. The Morgan fingerprint density at radius 3 is 2.33 bits per heavy atom. The molecule has 0 aromatic carbocycles. The lowest BCUT2D eigenvalue weighted by atomic mass is 9.21. The first kappa shape index (κ1) is 31.1. The van der Waals surface area contributed by atoms with E-state index >= 15 is 0 Å². The van der Waals surface area contributed by atoms with Crippen molar-refractivity contribution in [2.45, 2.75) is 109 Å². The molecule has 2 N–H and O–H groups in total. The number of ether oxygens (including phenoxy) is 4. The van der Waals surface area contributed by atoms with Crippen LogP contribution in [0, 0.1) is 45.8 Å². The zero-order valence-electron chi connectivity index (χ0n) is 27.2. The maximum Gasteiger partial charge on any atom is 0.410 e. The number of ketones is 1. The second-order valence-corrected chi connectivity index (χ2v) is 16.5. The Bertz CT molecular complexity index is 1380. The molecule has 0 aromatic rings.